The summed E-state index contributed by atoms with van der Waals surface area (Å²) in [5.41, 5.74) is 3.01. The smallest absolute Gasteiger partial charge is 0.300 e. The number of aliphatic hydroxyl groups excluding tert-OH is 1. The van der Waals surface area contributed by atoms with Gasteiger partial charge in [0.25, 0.3) is 11.7 Å². The van der Waals surface area contributed by atoms with Crippen LogP contribution in [0, 0.1) is 0 Å². The van der Waals surface area contributed by atoms with Gasteiger partial charge in [0.1, 0.15) is 17.3 Å². The van der Waals surface area contributed by atoms with Crippen molar-refractivity contribution in [3.8, 4) is 11.5 Å². The van der Waals surface area contributed by atoms with Gasteiger partial charge < -0.3 is 19.9 Å². The van der Waals surface area contributed by atoms with E-state index in [1.165, 1.54) is 11.8 Å². The summed E-state index contributed by atoms with van der Waals surface area (Å²) in [6.45, 7) is 1.96. The fourth-order valence-electron chi connectivity index (χ4n) is 4.60. The van der Waals surface area contributed by atoms with Crippen molar-refractivity contribution in [2.45, 2.75) is 19.4 Å². The largest absolute Gasteiger partial charge is 0.507 e. The lowest BCUT2D eigenvalue weighted by molar-refractivity contribution is -0.132. The molecule has 2 amide bonds. The van der Waals surface area contributed by atoms with Gasteiger partial charge >= 0.3 is 0 Å². The second-order valence-electron chi connectivity index (χ2n) is 8.59. The van der Waals surface area contributed by atoms with Crippen molar-refractivity contribution in [2.24, 2.45) is 0 Å². The molecule has 3 aromatic rings. The summed E-state index contributed by atoms with van der Waals surface area (Å²) in [6.07, 6.45) is 0.702. The van der Waals surface area contributed by atoms with Crippen LogP contribution in [0.15, 0.2) is 72.3 Å². The summed E-state index contributed by atoms with van der Waals surface area (Å²) in [4.78, 5) is 39.4. The molecular weight excluding hydrogens is 460 g/mol. The van der Waals surface area contributed by atoms with Crippen molar-refractivity contribution in [1.82, 2.24) is 0 Å². The molecule has 3 aromatic carbocycles. The third-order valence-corrected chi connectivity index (χ3v) is 6.30. The van der Waals surface area contributed by atoms with E-state index in [0.717, 1.165) is 11.3 Å². The minimum Gasteiger partial charge on any atom is -0.507 e. The van der Waals surface area contributed by atoms with Crippen LogP contribution in [0.4, 0.5) is 11.4 Å². The second kappa shape index (κ2) is 9.22. The predicted octanol–water partition coefficient (Wildman–Crippen LogP) is 4.21. The highest BCUT2D eigenvalue weighted by molar-refractivity contribution is 6.51. The van der Waals surface area contributed by atoms with Gasteiger partial charge in [-0.1, -0.05) is 12.1 Å². The number of aliphatic hydroxyl groups is 1. The van der Waals surface area contributed by atoms with E-state index in [2.05, 4.69) is 5.32 Å². The number of amides is 2. The molecule has 1 fully saturated rings. The first-order valence-electron chi connectivity index (χ1n) is 11.5. The maximum absolute atomic E-state index is 13.3. The number of methoxy groups -OCH3 is 1. The monoisotopic (exact) mass is 484 g/mol. The van der Waals surface area contributed by atoms with Crippen LogP contribution in [-0.2, 0) is 20.8 Å². The minimum absolute atomic E-state index is 0.00466. The van der Waals surface area contributed by atoms with Crippen molar-refractivity contribution in [3.63, 3.8) is 0 Å². The highest BCUT2D eigenvalue weighted by Gasteiger charge is 2.47. The second-order valence-corrected chi connectivity index (χ2v) is 8.59. The predicted molar refractivity (Wildman–Crippen MR) is 134 cm³/mol. The Labute approximate surface area is 207 Å². The topological polar surface area (TPSA) is 105 Å². The van der Waals surface area contributed by atoms with Crippen LogP contribution in [0.25, 0.3) is 5.76 Å². The van der Waals surface area contributed by atoms with E-state index in [-0.39, 0.29) is 17.2 Å². The lowest BCUT2D eigenvalue weighted by Gasteiger charge is -2.26. The normalized spacial score (nSPS) is 18.1. The Morgan fingerprint density at radius 1 is 1.06 bits per heavy atom. The molecule has 2 aliphatic heterocycles. The number of hydrogen-bond acceptors (Lipinski definition) is 6. The van der Waals surface area contributed by atoms with Crippen molar-refractivity contribution in [1.29, 1.82) is 0 Å². The van der Waals surface area contributed by atoms with Gasteiger partial charge in [0, 0.05) is 30.3 Å². The van der Waals surface area contributed by atoms with Gasteiger partial charge in [-0.25, -0.2) is 0 Å². The Bertz CT molecular complexity index is 1390. The van der Waals surface area contributed by atoms with E-state index in [4.69, 9.17) is 9.47 Å². The SMILES string of the molecule is COc1ccc(C2/C(=C(/O)c3ccc4c(c3)CCO4)C(=O)C(=O)N2c2ccc(NC(C)=O)cc2)cc1. The number of carbonyl (C=O) groups excluding carboxylic acids is 3. The summed E-state index contributed by atoms with van der Waals surface area (Å²) in [5.74, 6) is -0.639. The molecule has 5 rings (SSSR count). The number of benzene rings is 3. The lowest BCUT2D eigenvalue weighted by atomic mass is 9.94. The number of ether oxygens (including phenoxy) is 2. The number of fused-ring (bicyclic) bond motifs is 1. The Hall–Kier alpha value is -4.59. The zero-order valence-corrected chi connectivity index (χ0v) is 19.8. The number of rotatable bonds is 5. The Balaban J connectivity index is 1.64. The quantitative estimate of drug-likeness (QED) is 0.319. The van der Waals surface area contributed by atoms with Crippen LogP contribution in [0.3, 0.4) is 0 Å². The van der Waals surface area contributed by atoms with Crippen LogP contribution < -0.4 is 19.7 Å². The number of nitrogens with one attached hydrogen (secondary N) is 1. The van der Waals surface area contributed by atoms with E-state index in [0.29, 0.717) is 41.3 Å². The Morgan fingerprint density at radius 3 is 2.44 bits per heavy atom. The average Bonchev–Trinajstić information content (AvgIpc) is 3.46. The summed E-state index contributed by atoms with van der Waals surface area (Å²) < 4.78 is 10.8. The molecule has 0 radical (unpaired) electrons. The molecule has 0 saturated carbocycles. The summed E-state index contributed by atoms with van der Waals surface area (Å²) in [7, 11) is 1.55. The molecule has 1 atom stereocenters. The lowest BCUT2D eigenvalue weighted by Crippen LogP contribution is -2.29. The number of hydrogen-bond donors (Lipinski definition) is 2. The number of Topliss-reactive ketones (excluding diaryl/α,β-unsaturated/α-hetero) is 1. The molecule has 8 heteroatoms. The molecule has 182 valence electrons. The molecule has 2 heterocycles. The third kappa shape index (κ3) is 4.07. The highest BCUT2D eigenvalue weighted by Crippen LogP contribution is 2.43. The molecule has 0 spiro atoms. The molecule has 36 heavy (non-hydrogen) atoms. The molecule has 1 unspecified atom stereocenters. The first-order valence-corrected chi connectivity index (χ1v) is 11.5. The Kier molecular flexibility index (Phi) is 5.93. The van der Waals surface area contributed by atoms with Gasteiger partial charge in [-0.3, -0.25) is 19.3 Å². The van der Waals surface area contributed by atoms with Crippen LogP contribution in [-0.4, -0.2) is 36.4 Å². The molecule has 0 aromatic heterocycles. The number of anilines is 2. The summed E-state index contributed by atoms with van der Waals surface area (Å²) in [6, 6.07) is 18.0. The van der Waals surface area contributed by atoms with Crippen molar-refractivity contribution < 1.29 is 29.0 Å². The maximum Gasteiger partial charge on any atom is 0.300 e. The summed E-state index contributed by atoms with van der Waals surface area (Å²) >= 11 is 0. The Morgan fingerprint density at radius 2 is 1.78 bits per heavy atom. The van der Waals surface area contributed by atoms with Gasteiger partial charge in [0.15, 0.2) is 0 Å². The molecule has 2 N–H and O–H groups in total. The fraction of sp³-hybridized carbons (Fsp3) is 0.179. The molecule has 8 nitrogen and oxygen atoms in total. The molecule has 1 saturated heterocycles. The minimum atomic E-state index is -0.868. The van der Waals surface area contributed by atoms with Gasteiger partial charge in [-0.2, -0.15) is 0 Å². The first kappa shape index (κ1) is 23.2. The number of nitrogens with zero attached hydrogens (tertiary/aromatic N) is 1. The maximum atomic E-state index is 13.3. The fourth-order valence-corrected chi connectivity index (χ4v) is 4.60. The van der Waals surface area contributed by atoms with Gasteiger partial charge in [0.2, 0.25) is 5.91 Å². The zero-order valence-electron chi connectivity index (χ0n) is 19.8. The highest BCUT2D eigenvalue weighted by atomic mass is 16.5. The van der Waals surface area contributed by atoms with Crippen LogP contribution in [0.2, 0.25) is 0 Å². The van der Waals surface area contributed by atoms with E-state index >= 15 is 0 Å². The van der Waals surface area contributed by atoms with Gasteiger partial charge in [-0.05, 0) is 65.7 Å². The number of ketones is 1. The number of carbonyl (C=O) groups is 3. The molecule has 2 aliphatic rings. The molecule has 0 aliphatic carbocycles. The standard InChI is InChI=1S/C28H24N2O6/c1-16(31)29-20-6-8-21(9-7-20)30-25(17-3-10-22(35-2)11-4-17)24(27(33)28(30)34)26(32)19-5-12-23-18(15-19)13-14-36-23/h3-12,15,25,32H,13-14H2,1-2H3,(H,29,31)/b26-24-. The van der Waals surface area contributed by atoms with E-state index in [1.54, 1.807) is 73.8 Å². The van der Waals surface area contributed by atoms with Crippen LogP contribution in [0.5, 0.6) is 11.5 Å². The van der Waals surface area contributed by atoms with Crippen LogP contribution >= 0.6 is 0 Å². The molecule has 0 bridgehead atoms. The first-order chi connectivity index (χ1) is 17.4. The van der Waals surface area contributed by atoms with Crippen LogP contribution in [0.1, 0.15) is 29.7 Å². The summed E-state index contributed by atoms with van der Waals surface area (Å²) in [5, 5.41) is 14.0. The van der Waals surface area contributed by atoms with E-state index in [1.807, 2.05) is 0 Å². The van der Waals surface area contributed by atoms with Gasteiger partial charge in [0.05, 0.1) is 25.3 Å². The van der Waals surface area contributed by atoms with Gasteiger partial charge in [-0.15, -0.1) is 0 Å². The van der Waals surface area contributed by atoms with Crippen molar-refractivity contribution >= 4 is 34.7 Å². The van der Waals surface area contributed by atoms with E-state index < -0.39 is 17.7 Å². The molecular formula is C28H24N2O6. The van der Waals surface area contributed by atoms with Crippen molar-refractivity contribution in [3.05, 3.63) is 89.0 Å². The van der Waals surface area contributed by atoms with E-state index in [9.17, 15) is 19.5 Å². The average molecular weight is 485 g/mol. The van der Waals surface area contributed by atoms with Crippen molar-refractivity contribution in [2.75, 3.05) is 23.9 Å². The zero-order chi connectivity index (χ0) is 25.4. The third-order valence-electron chi connectivity index (χ3n) is 6.30.